The molecule has 4 rings (SSSR count). The van der Waals surface area contributed by atoms with Gasteiger partial charge in [0, 0.05) is 29.2 Å². The summed E-state index contributed by atoms with van der Waals surface area (Å²) in [4.78, 5) is 22.4. The van der Waals surface area contributed by atoms with Crippen LogP contribution in [0.15, 0.2) is 47.5 Å². The van der Waals surface area contributed by atoms with E-state index in [0.29, 0.717) is 6.54 Å². The highest BCUT2D eigenvalue weighted by molar-refractivity contribution is 5.98. The maximum Gasteiger partial charge on any atom is 0.285 e. The molecule has 1 saturated carbocycles. The van der Waals surface area contributed by atoms with Crippen molar-refractivity contribution in [1.29, 1.82) is 0 Å². The number of carbonyl (C=O) groups is 1. The lowest BCUT2D eigenvalue weighted by atomic mass is 9.92. The van der Waals surface area contributed by atoms with Gasteiger partial charge in [-0.3, -0.25) is 15.1 Å². The molecule has 0 bridgehead atoms. The molecule has 7 heteroatoms. The lowest BCUT2D eigenvalue weighted by Gasteiger charge is -2.39. The van der Waals surface area contributed by atoms with Crippen molar-refractivity contribution in [2.24, 2.45) is 4.99 Å². The standard InChI is InChI=1S/C22H27N5O2/c1-15-5-4-7-18(25-15)14-23-21(29)22(26-17-9-11-19(28)12-10-17)24-13-16-6-2-3-8-20(16)27-22/h2-8,13,17,19,26-28H,9-12,14H2,1H3,(H,23,29)/t17-,19-,22?. The number of aromatic nitrogens is 1. The number of nitrogens with one attached hydrogen (secondary N) is 3. The topological polar surface area (TPSA) is 98.6 Å². The number of fused-ring (bicyclic) bond motifs is 1. The van der Waals surface area contributed by atoms with Crippen molar-refractivity contribution >= 4 is 17.8 Å². The summed E-state index contributed by atoms with van der Waals surface area (Å²) in [7, 11) is 0. The lowest BCUT2D eigenvalue weighted by Crippen LogP contribution is -2.64. The number of hydrogen-bond acceptors (Lipinski definition) is 6. The molecule has 0 saturated heterocycles. The van der Waals surface area contributed by atoms with Gasteiger partial charge in [-0.2, -0.15) is 0 Å². The molecule has 1 fully saturated rings. The minimum absolute atomic E-state index is 0.0937. The van der Waals surface area contributed by atoms with E-state index in [2.05, 4.69) is 25.9 Å². The average Bonchev–Trinajstić information content (AvgIpc) is 2.73. The maximum absolute atomic E-state index is 13.3. The van der Waals surface area contributed by atoms with Crippen LogP contribution in [0, 0.1) is 6.92 Å². The molecule has 0 spiro atoms. The van der Waals surface area contributed by atoms with Crippen molar-refractivity contribution in [3.63, 3.8) is 0 Å². The Morgan fingerprint density at radius 2 is 1.97 bits per heavy atom. The van der Waals surface area contributed by atoms with E-state index in [0.717, 1.165) is 48.3 Å². The molecule has 152 valence electrons. The zero-order valence-electron chi connectivity index (χ0n) is 16.6. The fourth-order valence-corrected chi connectivity index (χ4v) is 3.88. The second-order valence-electron chi connectivity index (χ2n) is 7.78. The molecule has 1 aromatic heterocycles. The van der Waals surface area contributed by atoms with Crippen LogP contribution < -0.4 is 16.0 Å². The minimum Gasteiger partial charge on any atom is -0.393 e. The van der Waals surface area contributed by atoms with Crippen LogP contribution >= 0.6 is 0 Å². The normalized spacial score (nSPS) is 25.7. The Bertz CT molecular complexity index is 908. The van der Waals surface area contributed by atoms with Gasteiger partial charge in [-0.1, -0.05) is 24.3 Å². The predicted octanol–water partition coefficient (Wildman–Crippen LogP) is 2.10. The largest absolute Gasteiger partial charge is 0.393 e. The summed E-state index contributed by atoms with van der Waals surface area (Å²) in [5, 5.41) is 19.5. The van der Waals surface area contributed by atoms with E-state index in [4.69, 9.17) is 0 Å². The zero-order valence-corrected chi connectivity index (χ0v) is 16.6. The average molecular weight is 393 g/mol. The van der Waals surface area contributed by atoms with Gasteiger partial charge in [-0.25, -0.2) is 4.99 Å². The number of carbonyl (C=O) groups excluding carboxylic acids is 1. The number of aliphatic imine (C=N–C) groups is 1. The lowest BCUT2D eigenvalue weighted by molar-refractivity contribution is -0.127. The first kappa shape index (κ1) is 19.5. The first-order valence-electron chi connectivity index (χ1n) is 10.1. The van der Waals surface area contributed by atoms with Crippen molar-refractivity contribution in [3.05, 3.63) is 59.4 Å². The summed E-state index contributed by atoms with van der Waals surface area (Å²) in [6.45, 7) is 2.25. The van der Waals surface area contributed by atoms with Crippen LogP contribution in [0.4, 0.5) is 5.69 Å². The summed E-state index contributed by atoms with van der Waals surface area (Å²) in [5.74, 6) is -1.54. The monoisotopic (exact) mass is 393 g/mol. The molecule has 2 aromatic rings. The highest BCUT2D eigenvalue weighted by Gasteiger charge is 2.42. The van der Waals surface area contributed by atoms with Crippen LogP contribution in [0.5, 0.6) is 0 Å². The van der Waals surface area contributed by atoms with E-state index in [9.17, 15) is 9.90 Å². The Morgan fingerprint density at radius 1 is 1.17 bits per heavy atom. The molecule has 1 unspecified atom stereocenters. The molecule has 7 nitrogen and oxygen atoms in total. The number of anilines is 1. The summed E-state index contributed by atoms with van der Waals surface area (Å²) >= 11 is 0. The second kappa shape index (κ2) is 8.31. The molecule has 2 aliphatic rings. The third-order valence-corrected chi connectivity index (χ3v) is 5.49. The number of pyridine rings is 1. The number of amides is 1. The number of nitrogens with zero attached hydrogens (tertiary/aromatic N) is 2. The van der Waals surface area contributed by atoms with E-state index in [-0.39, 0.29) is 18.1 Å². The van der Waals surface area contributed by atoms with Crippen molar-refractivity contribution in [3.8, 4) is 0 Å². The molecule has 2 heterocycles. The fraction of sp³-hybridized carbons (Fsp3) is 0.409. The van der Waals surface area contributed by atoms with Gasteiger partial charge in [0.1, 0.15) is 0 Å². The van der Waals surface area contributed by atoms with Crippen LogP contribution in [-0.4, -0.2) is 40.1 Å². The quantitative estimate of drug-likeness (QED) is 0.624. The van der Waals surface area contributed by atoms with E-state index < -0.39 is 5.79 Å². The first-order valence-corrected chi connectivity index (χ1v) is 10.1. The first-order chi connectivity index (χ1) is 14.0. The van der Waals surface area contributed by atoms with E-state index >= 15 is 0 Å². The highest BCUT2D eigenvalue weighted by Crippen LogP contribution is 2.27. The van der Waals surface area contributed by atoms with Gasteiger partial charge in [0.05, 0.1) is 18.3 Å². The van der Waals surface area contributed by atoms with Gasteiger partial charge >= 0.3 is 0 Å². The molecule has 29 heavy (non-hydrogen) atoms. The van der Waals surface area contributed by atoms with Gasteiger partial charge in [0.25, 0.3) is 11.7 Å². The van der Waals surface area contributed by atoms with Gasteiger partial charge in [0.2, 0.25) is 0 Å². The summed E-state index contributed by atoms with van der Waals surface area (Å²) in [5.41, 5.74) is 3.51. The molecular weight excluding hydrogens is 366 g/mol. The van der Waals surface area contributed by atoms with Crippen LogP contribution in [0.3, 0.4) is 0 Å². The maximum atomic E-state index is 13.3. The highest BCUT2D eigenvalue weighted by atomic mass is 16.3. The van der Waals surface area contributed by atoms with Crippen LogP contribution in [0.1, 0.15) is 42.6 Å². The smallest absolute Gasteiger partial charge is 0.285 e. The zero-order chi connectivity index (χ0) is 20.3. The molecule has 1 aromatic carbocycles. The molecule has 1 aliphatic heterocycles. The number of hydrogen-bond donors (Lipinski definition) is 4. The Morgan fingerprint density at radius 3 is 2.76 bits per heavy atom. The number of benzene rings is 1. The third-order valence-electron chi connectivity index (χ3n) is 5.49. The molecule has 1 aliphatic carbocycles. The molecule has 0 radical (unpaired) electrons. The molecule has 4 N–H and O–H groups in total. The molecular formula is C22H27N5O2. The molecule has 1 atom stereocenters. The SMILES string of the molecule is Cc1cccc(CNC(=O)C2(N[C@H]3CC[C@H](O)CC3)N=Cc3ccccc3N2)n1. The van der Waals surface area contributed by atoms with Crippen LogP contribution in [0.25, 0.3) is 0 Å². The number of rotatable bonds is 5. The van der Waals surface area contributed by atoms with E-state index in [1.54, 1.807) is 6.21 Å². The van der Waals surface area contributed by atoms with Crippen molar-refractivity contribution in [1.82, 2.24) is 15.6 Å². The van der Waals surface area contributed by atoms with Crippen LogP contribution in [-0.2, 0) is 11.3 Å². The Labute approximate surface area is 170 Å². The minimum atomic E-state index is -1.29. The number of aliphatic hydroxyl groups is 1. The van der Waals surface area contributed by atoms with Crippen molar-refractivity contribution in [2.45, 2.75) is 57.1 Å². The third kappa shape index (κ3) is 4.46. The Kier molecular flexibility index (Phi) is 5.60. The summed E-state index contributed by atoms with van der Waals surface area (Å²) < 4.78 is 0. The van der Waals surface area contributed by atoms with Gasteiger partial charge in [-0.05, 0) is 50.8 Å². The number of aliphatic hydroxyl groups excluding tert-OH is 1. The second-order valence-corrected chi connectivity index (χ2v) is 7.78. The van der Waals surface area contributed by atoms with E-state index in [1.807, 2.05) is 49.4 Å². The summed E-state index contributed by atoms with van der Waals surface area (Å²) in [6, 6.07) is 13.6. The summed E-state index contributed by atoms with van der Waals surface area (Å²) in [6.07, 6.45) is 4.53. The van der Waals surface area contributed by atoms with E-state index in [1.165, 1.54) is 0 Å². The number of aryl methyl sites for hydroxylation is 1. The predicted molar refractivity (Wildman–Crippen MR) is 113 cm³/mol. The fourth-order valence-electron chi connectivity index (χ4n) is 3.88. The van der Waals surface area contributed by atoms with Gasteiger partial charge in [0.15, 0.2) is 0 Å². The van der Waals surface area contributed by atoms with Crippen molar-refractivity contribution < 1.29 is 9.90 Å². The van der Waals surface area contributed by atoms with Gasteiger partial charge < -0.3 is 15.7 Å². The van der Waals surface area contributed by atoms with Crippen molar-refractivity contribution in [2.75, 3.05) is 5.32 Å². The molecule has 1 amide bonds. The van der Waals surface area contributed by atoms with Gasteiger partial charge in [-0.15, -0.1) is 0 Å². The Balaban J connectivity index is 1.54. The van der Waals surface area contributed by atoms with Crippen LogP contribution in [0.2, 0.25) is 0 Å². The Hall–Kier alpha value is -2.77. The number of para-hydroxylation sites is 1.